The van der Waals surface area contributed by atoms with E-state index in [1.54, 1.807) is 0 Å². The first kappa shape index (κ1) is 8.84. The molecule has 0 aliphatic heterocycles. The predicted octanol–water partition coefficient (Wildman–Crippen LogP) is -1.18. The fourth-order valence-electron chi connectivity index (χ4n) is 0.553. The number of hydrogen-bond donors (Lipinski definition) is 4. The molecule has 0 spiro atoms. The standard InChI is InChI=1S/C5H16N4/c1-5(9-7-3)4-8-6-2/h5-9H,4H2,1-3H3. The number of hydrogen-bond acceptors (Lipinski definition) is 4. The molecular weight excluding hydrogens is 116 g/mol. The highest BCUT2D eigenvalue weighted by Gasteiger charge is 1.94. The van der Waals surface area contributed by atoms with Gasteiger partial charge in [-0.2, -0.15) is 0 Å². The number of rotatable bonds is 5. The van der Waals surface area contributed by atoms with E-state index in [0.29, 0.717) is 6.04 Å². The summed E-state index contributed by atoms with van der Waals surface area (Å²) in [5.41, 5.74) is 11.7. The molecule has 0 aromatic rings. The van der Waals surface area contributed by atoms with Gasteiger partial charge < -0.3 is 0 Å². The Labute approximate surface area is 56.3 Å². The van der Waals surface area contributed by atoms with E-state index in [0.717, 1.165) is 6.54 Å². The highest BCUT2D eigenvalue weighted by atomic mass is 15.4. The normalized spacial score (nSPS) is 13.7. The minimum Gasteiger partial charge on any atom is -0.261 e. The summed E-state index contributed by atoms with van der Waals surface area (Å²) in [4.78, 5) is 0. The van der Waals surface area contributed by atoms with Crippen molar-refractivity contribution < 1.29 is 0 Å². The Kier molecular flexibility index (Phi) is 5.86. The Hall–Kier alpha value is -0.160. The summed E-state index contributed by atoms with van der Waals surface area (Å²) in [5, 5.41) is 0. The van der Waals surface area contributed by atoms with Crippen molar-refractivity contribution in [1.82, 2.24) is 21.7 Å². The smallest absolute Gasteiger partial charge is 0.0323 e. The number of nitrogens with one attached hydrogen (secondary N) is 4. The fraction of sp³-hybridized carbons (Fsp3) is 1.00. The van der Waals surface area contributed by atoms with Gasteiger partial charge in [0, 0.05) is 12.6 Å². The second-order valence-corrected chi connectivity index (χ2v) is 1.93. The molecule has 0 heterocycles. The van der Waals surface area contributed by atoms with Crippen LogP contribution in [0.5, 0.6) is 0 Å². The quantitative estimate of drug-likeness (QED) is 0.356. The minimum absolute atomic E-state index is 0.433. The van der Waals surface area contributed by atoms with Gasteiger partial charge in [0.05, 0.1) is 0 Å². The zero-order valence-corrected chi connectivity index (χ0v) is 6.28. The average Bonchev–Trinajstić information content (AvgIpc) is 1.85. The van der Waals surface area contributed by atoms with Crippen LogP contribution in [0.4, 0.5) is 0 Å². The van der Waals surface area contributed by atoms with Gasteiger partial charge in [-0.15, -0.1) is 0 Å². The van der Waals surface area contributed by atoms with Gasteiger partial charge in [0.25, 0.3) is 0 Å². The summed E-state index contributed by atoms with van der Waals surface area (Å²) >= 11 is 0. The van der Waals surface area contributed by atoms with Crippen LogP contribution in [0.15, 0.2) is 0 Å². The van der Waals surface area contributed by atoms with E-state index in [9.17, 15) is 0 Å². The Morgan fingerprint density at radius 3 is 2.33 bits per heavy atom. The van der Waals surface area contributed by atoms with Crippen molar-refractivity contribution in [2.75, 3.05) is 20.6 Å². The lowest BCUT2D eigenvalue weighted by molar-refractivity contribution is 0.438. The van der Waals surface area contributed by atoms with Crippen molar-refractivity contribution >= 4 is 0 Å². The van der Waals surface area contributed by atoms with Crippen molar-refractivity contribution in [1.29, 1.82) is 0 Å². The molecule has 0 aliphatic rings. The van der Waals surface area contributed by atoms with E-state index in [2.05, 4.69) is 28.6 Å². The summed E-state index contributed by atoms with van der Waals surface area (Å²) in [6.45, 7) is 2.98. The highest BCUT2D eigenvalue weighted by molar-refractivity contribution is 4.56. The lowest BCUT2D eigenvalue weighted by Gasteiger charge is -2.12. The van der Waals surface area contributed by atoms with Gasteiger partial charge in [0.1, 0.15) is 0 Å². The van der Waals surface area contributed by atoms with Crippen molar-refractivity contribution in [3.05, 3.63) is 0 Å². The maximum atomic E-state index is 3.03. The topological polar surface area (TPSA) is 48.1 Å². The number of hydrazine groups is 2. The molecule has 0 fully saturated rings. The highest BCUT2D eigenvalue weighted by Crippen LogP contribution is 1.70. The van der Waals surface area contributed by atoms with Gasteiger partial charge in [-0.3, -0.25) is 21.7 Å². The van der Waals surface area contributed by atoms with Crippen LogP contribution in [0.1, 0.15) is 6.92 Å². The second-order valence-electron chi connectivity index (χ2n) is 1.93. The molecular formula is C5H16N4. The molecule has 4 N–H and O–H groups in total. The molecule has 1 atom stereocenters. The zero-order valence-electron chi connectivity index (χ0n) is 6.28. The van der Waals surface area contributed by atoms with E-state index in [1.165, 1.54) is 0 Å². The Morgan fingerprint density at radius 2 is 1.89 bits per heavy atom. The molecule has 0 radical (unpaired) electrons. The largest absolute Gasteiger partial charge is 0.261 e. The Bertz CT molecular complexity index is 56.9. The third kappa shape index (κ3) is 5.72. The van der Waals surface area contributed by atoms with E-state index in [4.69, 9.17) is 0 Å². The second kappa shape index (κ2) is 5.97. The maximum absolute atomic E-state index is 3.03. The van der Waals surface area contributed by atoms with Gasteiger partial charge in [0.2, 0.25) is 0 Å². The third-order valence-electron chi connectivity index (χ3n) is 0.976. The van der Waals surface area contributed by atoms with Gasteiger partial charge in [-0.1, -0.05) is 0 Å². The molecule has 0 aliphatic carbocycles. The molecule has 1 unspecified atom stereocenters. The van der Waals surface area contributed by atoms with Gasteiger partial charge in [-0.25, -0.2) is 0 Å². The van der Waals surface area contributed by atoms with E-state index in [-0.39, 0.29) is 0 Å². The monoisotopic (exact) mass is 132 g/mol. The Morgan fingerprint density at radius 1 is 1.22 bits per heavy atom. The molecule has 0 rings (SSSR count). The van der Waals surface area contributed by atoms with Gasteiger partial charge in [-0.05, 0) is 21.0 Å². The zero-order chi connectivity index (χ0) is 7.11. The molecule has 0 amide bonds. The van der Waals surface area contributed by atoms with E-state index in [1.807, 2.05) is 14.1 Å². The van der Waals surface area contributed by atoms with Crippen LogP contribution in [0.2, 0.25) is 0 Å². The molecule has 0 saturated heterocycles. The lowest BCUT2D eigenvalue weighted by Crippen LogP contribution is -2.45. The summed E-state index contributed by atoms with van der Waals surface area (Å²) in [6.07, 6.45) is 0. The van der Waals surface area contributed by atoms with Gasteiger partial charge >= 0.3 is 0 Å². The van der Waals surface area contributed by atoms with Crippen molar-refractivity contribution in [3.8, 4) is 0 Å². The van der Waals surface area contributed by atoms with E-state index >= 15 is 0 Å². The van der Waals surface area contributed by atoms with Crippen LogP contribution >= 0.6 is 0 Å². The van der Waals surface area contributed by atoms with Crippen LogP contribution in [-0.2, 0) is 0 Å². The average molecular weight is 132 g/mol. The van der Waals surface area contributed by atoms with Crippen LogP contribution in [-0.4, -0.2) is 26.7 Å². The molecule has 4 nitrogen and oxygen atoms in total. The molecule has 0 bridgehead atoms. The van der Waals surface area contributed by atoms with Crippen LogP contribution in [0.25, 0.3) is 0 Å². The van der Waals surface area contributed by atoms with Crippen LogP contribution < -0.4 is 21.7 Å². The minimum atomic E-state index is 0.433. The Balaban J connectivity index is 2.95. The first-order valence-corrected chi connectivity index (χ1v) is 3.13. The molecule has 9 heavy (non-hydrogen) atoms. The van der Waals surface area contributed by atoms with E-state index < -0.39 is 0 Å². The lowest BCUT2D eigenvalue weighted by atomic mass is 10.4. The van der Waals surface area contributed by atoms with Crippen molar-refractivity contribution in [2.45, 2.75) is 13.0 Å². The molecule has 0 aromatic heterocycles. The predicted molar refractivity (Wildman–Crippen MR) is 38.7 cm³/mol. The summed E-state index contributed by atoms with van der Waals surface area (Å²) in [6, 6.07) is 0.433. The fourth-order valence-corrected chi connectivity index (χ4v) is 0.553. The van der Waals surface area contributed by atoms with Crippen molar-refractivity contribution in [3.63, 3.8) is 0 Å². The third-order valence-corrected chi connectivity index (χ3v) is 0.976. The SMILES string of the molecule is CNNCC(C)NNC. The molecule has 0 saturated carbocycles. The maximum Gasteiger partial charge on any atom is 0.0323 e. The molecule has 4 heteroatoms. The summed E-state index contributed by atoms with van der Waals surface area (Å²) < 4.78 is 0. The van der Waals surface area contributed by atoms with Crippen molar-refractivity contribution in [2.24, 2.45) is 0 Å². The first-order chi connectivity index (χ1) is 4.31. The van der Waals surface area contributed by atoms with Crippen LogP contribution in [0, 0.1) is 0 Å². The van der Waals surface area contributed by atoms with Crippen LogP contribution in [0.3, 0.4) is 0 Å². The first-order valence-electron chi connectivity index (χ1n) is 3.13. The molecule has 56 valence electrons. The summed E-state index contributed by atoms with van der Waals surface area (Å²) in [5.74, 6) is 0. The van der Waals surface area contributed by atoms with Gasteiger partial charge in [0.15, 0.2) is 0 Å². The summed E-state index contributed by atoms with van der Waals surface area (Å²) in [7, 11) is 3.71. The molecule has 0 aromatic carbocycles.